The van der Waals surface area contributed by atoms with Crippen molar-refractivity contribution in [2.24, 2.45) is 0 Å². The third kappa shape index (κ3) is 2.88. The number of aryl methyl sites for hydroxylation is 1. The highest BCUT2D eigenvalue weighted by molar-refractivity contribution is 5.30. The van der Waals surface area contributed by atoms with Gasteiger partial charge in [-0.3, -0.25) is 0 Å². The first-order valence-corrected chi connectivity index (χ1v) is 7.17. The SMILES string of the molecule is COc1ccc(C2CC(NCc3ccc(C)o3)C2)cc1. The Morgan fingerprint density at radius 1 is 1.15 bits per heavy atom. The summed E-state index contributed by atoms with van der Waals surface area (Å²) in [5.41, 5.74) is 1.41. The van der Waals surface area contributed by atoms with Gasteiger partial charge in [0.25, 0.3) is 0 Å². The zero-order valence-electron chi connectivity index (χ0n) is 12.1. The molecule has 20 heavy (non-hydrogen) atoms. The van der Waals surface area contributed by atoms with Gasteiger partial charge in [0.2, 0.25) is 0 Å². The lowest BCUT2D eigenvalue weighted by molar-refractivity contribution is 0.280. The highest BCUT2D eigenvalue weighted by atomic mass is 16.5. The summed E-state index contributed by atoms with van der Waals surface area (Å²) >= 11 is 0. The molecule has 106 valence electrons. The normalized spacial score (nSPS) is 21.5. The van der Waals surface area contributed by atoms with Crippen LogP contribution in [0.4, 0.5) is 0 Å². The first kappa shape index (κ1) is 13.3. The number of hydrogen-bond donors (Lipinski definition) is 1. The van der Waals surface area contributed by atoms with Crippen LogP contribution in [0.15, 0.2) is 40.8 Å². The van der Waals surface area contributed by atoms with Crippen LogP contribution in [-0.4, -0.2) is 13.2 Å². The van der Waals surface area contributed by atoms with E-state index in [1.165, 1.54) is 18.4 Å². The molecule has 3 nitrogen and oxygen atoms in total. The molecule has 1 aromatic heterocycles. The van der Waals surface area contributed by atoms with E-state index in [0.717, 1.165) is 23.8 Å². The quantitative estimate of drug-likeness (QED) is 0.901. The van der Waals surface area contributed by atoms with Crippen LogP contribution in [0.1, 0.15) is 35.8 Å². The Morgan fingerprint density at radius 2 is 1.90 bits per heavy atom. The number of benzene rings is 1. The van der Waals surface area contributed by atoms with E-state index in [-0.39, 0.29) is 0 Å². The minimum atomic E-state index is 0.604. The van der Waals surface area contributed by atoms with Gasteiger partial charge in [-0.2, -0.15) is 0 Å². The third-order valence-corrected chi connectivity index (χ3v) is 4.09. The maximum atomic E-state index is 5.56. The topological polar surface area (TPSA) is 34.4 Å². The standard InChI is InChI=1S/C17H21NO2/c1-12-3-6-17(20-12)11-18-15-9-14(10-15)13-4-7-16(19-2)8-5-13/h3-8,14-15,18H,9-11H2,1-2H3. The van der Waals surface area contributed by atoms with E-state index in [9.17, 15) is 0 Å². The first-order valence-electron chi connectivity index (χ1n) is 7.17. The van der Waals surface area contributed by atoms with Gasteiger partial charge >= 0.3 is 0 Å². The van der Waals surface area contributed by atoms with Crippen LogP contribution in [-0.2, 0) is 6.54 Å². The number of ether oxygens (including phenoxy) is 1. The number of furan rings is 1. The van der Waals surface area contributed by atoms with Crippen LogP contribution < -0.4 is 10.1 Å². The maximum Gasteiger partial charge on any atom is 0.118 e. The average molecular weight is 271 g/mol. The molecule has 0 radical (unpaired) electrons. The molecule has 1 aliphatic rings. The molecular formula is C17H21NO2. The van der Waals surface area contributed by atoms with E-state index < -0.39 is 0 Å². The second kappa shape index (κ2) is 5.71. The average Bonchev–Trinajstić information content (AvgIpc) is 2.83. The van der Waals surface area contributed by atoms with Gasteiger partial charge in [0, 0.05) is 6.04 Å². The van der Waals surface area contributed by atoms with Crippen molar-refractivity contribution in [2.45, 2.75) is 38.3 Å². The molecule has 1 heterocycles. The van der Waals surface area contributed by atoms with Crippen molar-refractivity contribution >= 4 is 0 Å². The van der Waals surface area contributed by atoms with Crippen LogP contribution in [0.3, 0.4) is 0 Å². The first-order chi connectivity index (χ1) is 9.74. The zero-order chi connectivity index (χ0) is 13.9. The van der Waals surface area contributed by atoms with Crippen LogP contribution in [0.2, 0.25) is 0 Å². The van der Waals surface area contributed by atoms with E-state index in [1.54, 1.807) is 7.11 Å². The Balaban J connectivity index is 1.46. The van der Waals surface area contributed by atoms with Gasteiger partial charge in [-0.1, -0.05) is 12.1 Å². The van der Waals surface area contributed by atoms with Crippen molar-refractivity contribution < 1.29 is 9.15 Å². The molecule has 1 aliphatic carbocycles. The van der Waals surface area contributed by atoms with E-state index >= 15 is 0 Å². The fourth-order valence-electron chi connectivity index (χ4n) is 2.76. The Labute approximate surface area is 119 Å². The molecule has 2 aromatic rings. The molecule has 0 spiro atoms. The fraction of sp³-hybridized carbons (Fsp3) is 0.412. The second-order valence-corrected chi connectivity index (χ2v) is 5.53. The monoisotopic (exact) mass is 271 g/mol. The number of hydrogen-bond acceptors (Lipinski definition) is 3. The predicted octanol–water partition coefficient (Wildman–Crippen LogP) is 3.63. The molecule has 0 amide bonds. The zero-order valence-corrected chi connectivity index (χ0v) is 12.1. The second-order valence-electron chi connectivity index (χ2n) is 5.53. The van der Waals surface area contributed by atoms with Gasteiger partial charge < -0.3 is 14.5 Å². The Morgan fingerprint density at radius 3 is 2.50 bits per heavy atom. The molecule has 0 aliphatic heterocycles. The smallest absolute Gasteiger partial charge is 0.118 e. The Kier molecular flexibility index (Phi) is 3.79. The van der Waals surface area contributed by atoms with Gasteiger partial charge in [-0.05, 0) is 55.5 Å². The van der Waals surface area contributed by atoms with Crippen molar-refractivity contribution in [3.63, 3.8) is 0 Å². The van der Waals surface area contributed by atoms with Crippen molar-refractivity contribution in [1.29, 1.82) is 0 Å². The molecule has 1 fully saturated rings. The van der Waals surface area contributed by atoms with E-state index in [2.05, 4.69) is 17.4 Å². The van der Waals surface area contributed by atoms with Crippen molar-refractivity contribution in [1.82, 2.24) is 5.32 Å². The molecule has 3 rings (SSSR count). The highest BCUT2D eigenvalue weighted by Gasteiger charge is 2.29. The third-order valence-electron chi connectivity index (χ3n) is 4.09. The largest absolute Gasteiger partial charge is 0.497 e. The Bertz CT molecular complexity index is 553. The lowest BCUT2D eigenvalue weighted by Crippen LogP contribution is -2.39. The lowest BCUT2D eigenvalue weighted by Gasteiger charge is -2.36. The van der Waals surface area contributed by atoms with Crippen molar-refractivity contribution in [2.75, 3.05) is 7.11 Å². The summed E-state index contributed by atoms with van der Waals surface area (Å²) in [6.07, 6.45) is 2.40. The molecule has 0 saturated heterocycles. The molecule has 1 N–H and O–H groups in total. The van der Waals surface area contributed by atoms with Crippen molar-refractivity contribution in [3.8, 4) is 5.75 Å². The van der Waals surface area contributed by atoms with Crippen molar-refractivity contribution in [3.05, 3.63) is 53.5 Å². The van der Waals surface area contributed by atoms with Gasteiger partial charge in [-0.25, -0.2) is 0 Å². The Hall–Kier alpha value is -1.74. The van der Waals surface area contributed by atoms with Crippen LogP contribution >= 0.6 is 0 Å². The lowest BCUT2D eigenvalue weighted by atomic mass is 9.76. The summed E-state index contributed by atoms with van der Waals surface area (Å²) in [7, 11) is 1.70. The summed E-state index contributed by atoms with van der Waals surface area (Å²) in [4.78, 5) is 0. The molecule has 3 heteroatoms. The summed E-state index contributed by atoms with van der Waals surface area (Å²) in [5.74, 6) is 3.61. The minimum Gasteiger partial charge on any atom is -0.497 e. The van der Waals surface area contributed by atoms with Gasteiger partial charge in [0.15, 0.2) is 0 Å². The summed E-state index contributed by atoms with van der Waals surface area (Å²) in [6, 6.07) is 13.1. The molecule has 1 saturated carbocycles. The van der Waals surface area contributed by atoms with Crippen LogP contribution in [0, 0.1) is 6.92 Å². The van der Waals surface area contributed by atoms with Gasteiger partial charge in [-0.15, -0.1) is 0 Å². The summed E-state index contributed by atoms with van der Waals surface area (Å²) in [6.45, 7) is 2.81. The van der Waals surface area contributed by atoms with Gasteiger partial charge in [0.05, 0.1) is 13.7 Å². The maximum absolute atomic E-state index is 5.56. The molecule has 0 bridgehead atoms. The molecule has 1 aromatic carbocycles. The van der Waals surface area contributed by atoms with Crippen LogP contribution in [0.25, 0.3) is 0 Å². The highest BCUT2D eigenvalue weighted by Crippen LogP contribution is 2.37. The summed E-state index contributed by atoms with van der Waals surface area (Å²) in [5, 5.41) is 3.55. The van der Waals surface area contributed by atoms with Gasteiger partial charge in [0.1, 0.15) is 17.3 Å². The minimum absolute atomic E-state index is 0.604. The molecular weight excluding hydrogens is 250 g/mol. The number of rotatable bonds is 5. The number of methoxy groups -OCH3 is 1. The molecule has 0 unspecified atom stereocenters. The summed E-state index contributed by atoms with van der Waals surface area (Å²) < 4.78 is 10.8. The molecule has 0 atom stereocenters. The predicted molar refractivity (Wildman–Crippen MR) is 79.0 cm³/mol. The van der Waals surface area contributed by atoms with Crippen LogP contribution in [0.5, 0.6) is 5.75 Å². The van der Waals surface area contributed by atoms with E-state index in [4.69, 9.17) is 9.15 Å². The van der Waals surface area contributed by atoms with E-state index in [1.807, 2.05) is 31.2 Å². The fourth-order valence-corrected chi connectivity index (χ4v) is 2.76. The number of nitrogens with one attached hydrogen (secondary N) is 1. The van der Waals surface area contributed by atoms with E-state index in [0.29, 0.717) is 12.0 Å².